The number of hydrogen-bond acceptors (Lipinski definition) is 4. The van der Waals surface area contributed by atoms with Crippen molar-refractivity contribution in [2.45, 2.75) is 18.5 Å². The van der Waals surface area contributed by atoms with E-state index in [1.54, 1.807) is 24.3 Å². The summed E-state index contributed by atoms with van der Waals surface area (Å²) in [5.41, 5.74) is 6.36. The molecule has 0 aromatic heterocycles. The first kappa shape index (κ1) is 11.6. The number of esters is 1. The Morgan fingerprint density at radius 2 is 2.06 bits per heavy atom. The van der Waals surface area contributed by atoms with Gasteiger partial charge in [0.1, 0.15) is 6.04 Å². The van der Waals surface area contributed by atoms with Crippen LogP contribution in [0.15, 0.2) is 30.3 Å². The molecule has 0 radical (unpaired) electrons. The van der Waals surface area contributed by atoms with Crippen molar-refractivity contribution in [2.24, 2.45) is 5.73 Å². The normalized spacial score (nSPS) is 23.9. The number of amides is 1. The summed E-state index contributed by atoms with van der Waals surface area (Å²) in [4.78, 5) is 25.0. The van der Waals surface area contributed by atoms with Crippen LogP contribution in [0.1, 0.15) is 6.42 Å². The van der Waals surface area contributed by atoms with Gasteiger partial charge in [-0.25, -0.2) is 4.79 Å². The van der Waals surface area contributed by atoms with Crippen molar-refractivity contribution in [3.05, 3.63) is 30.3 Å². The van der Waals surface area contributed by atoms with Gasteiger partial charge in [-0.1, -0.05) is 18.2 Å². The lowest BCUT2D eigenvalue weighted by atomic mass is 10.2. The summed E-state index contributed by atoms with van der Waals surface area (Å²) in [5, 5.41) is 0. The highest BCUT2D eigenvalue weighted by Crippen LogP contribution is 2.26. The number of rotatable bonds is 2. The largest absolute Gasteiger partial charge is 0.467 e. The zero-order chi connectivity index (χ0) is 12.4. The van der Waals surface area contributed by atoms with Crippen LogP contribution in [-0.2, 0) is 14.3 Å². The maximum absolute atomic E-state index is 11.9. The SMILES string of the molecule is COC(=O)[C@@H]1C[C@H](N)C(=O)N1c1ccccc1. The third-order valence-corrected chi connectivity index (χ3v) is 2.85. The molecule has 1 aromatic carbocycles. The number of carbonyl (C=O) groups is 2. The van der Waals surface area contributed by atoms with Gasteiger partial charge in [0.2, 0.25) is 5.91 Å². The molecule has 0 unspecified atom stereocenters. The van der Waals surface area contributed by atoms with E-state index in [-0.39, 0.29) is 5.91 Å². The van der Waals surface area contributed by atoms with E-state index in [0.29, 0.717) is 12.1 Å². The van der Waals surface area contributed by atoms with Crippen molar-refractivity contribution in [3.63, 3.8) is 0 Å². The number of hydrogen-bond donors (Lipinski definition) is 1. The lowest BCUT2D eigenvalue weighted by Gasteiger charge is -2.22. The Morgan fingerprint density at radius 3 is 2.65 bits per heavy atom. The molecule has 2 atom stereocenters. The molecular weight excluding hydrogens is 220 g/mol. The molecule has 1 aromatic rings. The maximum atomic E-state index is 11.9. The van der Waals surface area contributed by atoms with Crippen LogP contribution in [0.2, 0.25) is 0 Å². The van der Waals surface area contributed by atoms with E-state index in [1.165, 1.54) is 12.0 Å². The van der Waals surface area contributed by atoms with Crippen molar-refractivity contribution in [1.82, 2.24) is 0 Å². The molecule has 1 heterocycles. The second kappa shape index (κ2) is 4.55. The molecule has 17 heavy (non-hydrogen) atoms. The fourth-order valence-corrected chi connectivity index (χ4v) is 2.01. The molecule has 5 nitrogen and oxygen atoms in total. The summed E-state index contributed by atoms with van der Waals surface area (Å²) >= 11 is 0. The van der Waals surface area contributed by atoms with Crippen molar-refractivity contribution >= 4 is 17.6 Å². The predicted octanol–water partition coefficient (Wildman–Crippen LogP) is 0.292. The van der Waals surface area contributed by atoms with Gasteiger partial charge in [0, 0.05) is 12.1 Å². The third-order valence-electron chi connectivity index (χ3n) is 2.85. The molecule has 0 bridgehead atoms. The molecule has 0 aliphatic carbocycles. The number of anilines is 1. The fraction of sp³-hybridized carbons (Fsp3) is 0.333. The van der Waals surface area contributed by atoms with Gasteiger partial charge in [0.05, 0.1) is 13.2 Å². The van der Waals surface area contributed by atoms with Crippen molar-refractivity contribution in [3.8, 4) is 0 Å². The van der Waals surface area contributed by atoms with Crippen LogP contribution in [0, 0.1) is 0 Å². The minimum atomic E-state index is -0.640. The van der Waals surface area contributed by atoms with Crippen molar-refractivity contribution in [2.75, 3.05) is 12.0 Å². The molecule has 2 rings (SSSR count). The number of nitrogens with zero attached hydrogens (tertiary/aromatic N) is 1. The summed E-state index contributed by atoms with van der Waals surface area (Å²) in [5.74, 6) is -0.679. The van der Waals surface area contributed by atoms with Crippen LogP contribution in [0.5, 0.6) is 0 Å². The van der Waals surface area contributed by atoms with Crippen molar-refractivity contribution in [1.29, 1.82) is 0 Å². The highest BCUT2D eigenvalue weighted by molar-refractivity contribution is 6.05. The first-order chi connectivity index (χ1) is 8.15. The lowest BCUT2D eigenvalue weighted by Crippen LogP contribution is -2.40. The van der Waals surface area contributed by atoms with Crippen LogP contribution in [0.3, 0.4) is 0 Å². The van der Waals surface area contributed by atoms with Crippen molar-refractivity contribution < 1.29 is 14.3 Å². The summed E-state index contributed by atoms with van der Waals surface area (Å²) in [6.07, 6.45) is 0.292. The minimum absolute atomic E-state index is 0.244. The number of para-hydroxylation sites is 1. The van der Waals surface area contributed by atoms with E-state index in [1.807, 2.05) is 6.07 Å². The van der Waals surface area contributed by atoms with Crippen LogP contribution in [-0.4, -0.2) is 31.1 Å². The molecule has 1 aliphatic rings. The molecule has 1 amide bonds. The number of ether oxygens (including phenoxy) is 1. The highest BCUT2D eigenvalue weighted by atomic mass is 16.5. The summed E-state index contributed by atoms with van der Waals surface area (Å²) < 4.78 is 4.69. The quantitative estimate of drug-likeness (QED) is 0.747. The second-order valence-corrected chi connectivity index (χ2v) is 3.92. The number of nitrogens with two attached hydrogens (primary N) is 1. The first-order valence-electron chi connectivity index (χ1n) is 5.36. The number of methoxy groups -OCH3 is 1. The Labute approximate surface area is 99.2 Å². The van der Waals surface area contributed by atoms with E-state index < -0.39 is 18.1 Å². The third kappa shape index (κ3) is 2.01. The highest BCUT2D eigenvalue weighted by Gasteiger charge is 2.42. The van der Waals surface area contributed by atoms with E-state index >= 15 is 0 Å². The maximum Gasteiger partial charge on any atom is 0.329 e. The van der Waals surface area contributed by atoms with Crippen LogP contribution in [0.25, 0.3) is 0 Å². The van der Waals surface area contributed by atoms with Gasteiger partial charge < -0.3 is 10.5 Å². The van der Waals surface area contributed by atoms with Gasteiger partial charge in [0.25, 0.3) is 0 Å². The van der Waals surface area contributed by atoms with Gasteiger partial charge in [-0.15, -0.1) is 0 Å². The molecule has 5 heteroatoms. The summed E-state index contributed by atoms with van der Waals surface area (Å²) in [7, 11) is 1.31. The molecular formula is C12H14N2O3. The Hall–Kier alpha value is -1.88. The topological polar surface area (TPSA) is 72.6 Å². The minimum Gasteiger partial charge on any atom is -0.467 e. The Kier molecular flexibility index (Phi) is 3.10. The molecule has 0 saturated carbocycles. The smallest absolute Gasteiger partial charge is 0.329 e. The van der Waals surface area contributed by atoms with Gasteiger partial charge >= 0.3 is 5.97 Å². The Bertz CT molecular complexity index is 433. The average Bonchev–Trinajstić information content (AvgIpc) is 2.66. The predicted molar refractivity (Wildman–Crippen MR) is 62.3 cm³/mol. The molecule has 1 saturated heterocycles. The zero-order valence-corrected chi connectivity index (χ0v) is 9.50. The van der Waals surface area contributed by atoms with E-state index in [0.717, 1.165) is 0 Å². The summed E-state index contributed by atoms with van der Waals surface area (Å²) in [6, 6.07) is 7.74. The summed E-state index contributed by atoms with van der Waals surface area (Å²) in [6.45, 7) is 0. The average molecular weight is 234 g/mol. The van der Waals surface area contributed by atoms with Crippen LogP contribution < -0.4 is 10.6 Å². The monoisotopic (exact) mass is 234 g/mol. The van der Waals surface area contributed by atoms with Gasteiger partial charge in [-0.3, -0.25) is 9.69 Å². The molecule has 90 valence electrons. The number of carbonyl (C=O) groups excluding carboxylic acids is 2. The zero-order valence-electron chi connectivity index (χ0n) is 9.50. The van der Waals surface area contributed by atoms with Crippen LogP contribution in [0.4, 0.5) is 5.69 Å². The van der Waals surface area contributed by atoms with Gasteiger partial charge in [-0.2, -0.15) is 0 Å². The molecule has 1 fully saturated rings. The van der Waals surface area contributed by atoms with E-state index in [4.69, 9.17) is 10.5 Å². The van der Waals surface area contributed by atoms with Gasteiger partial charge in [-0.05, 0) is 12.1 Å². The van der Waals surface area contributed by atoms with Crippen LogP contribution >= 0.6 is 0 Å². The molecule has 1 aliphatic heterocycles. The Morgan fingerprint density at radius 1 is 1.41 bits per heavy atom. The lowest BCUT2D eigenvalue weighted by molar-refractivity contribution is -0.142. The second-order valence-electron chi connectivity index (χ2n) is 3.92. The van der Waals surface area contributed by atoms with E-state index in [9.17, 15) is 9.59 Å². The Balaban J connectivity index is 2.35. The molecule has 2 N–H and O–H groups in total. The number of benzene rings is 1. The fourth-order valence-electron chi connectivity index (χ4n) is 2.01. The van der Waals surface area contributed by atoms with E-state index in [2.05, 4.69) is 0 Å². The standard InChI is InChI=1S/C12H14N2O3/c1-17-12(16)10-7-9(13)11(15)14(10)8-5-3-2-4-6-8/h2-6,9-10H,7,13H2,1H3/t9-,10-/m0/s1. The first-order valence-corrected chi connectivity index (χ1v) is 5.36. The van der Waals surface area contributed by atoms with Gasteiger partial charge in [0.15, 0.2) is 0 Å². The molecule has 0 spiro atoms.